The van der Waals surface area contributed by atoms with Crippen LogP contribution in [0.15, 0.2) is 0 Å². The summed E-state index contributed by atoms with van der Waals surface area (Å²) in [5.41, 5.74) is 0. The zero-order valence-corrected chi connectivity index (χ0v) is 22.1. The summed E-state index contributed by atoms with van der Waals surface area (Å²) in [6.45, 7) is 2.31. The topological polar surface area (TPSA) is 92.7 Å². The van der Waals surface area contributed by atoms with Gasteiger partial charge in [-0.2, -0.15) is 35.3 Å². The first kappa shape index (κ1) is 26.1. The van der Waals surface area contributed by atoms with Gasteiger partial charge < -0.3 is 33.5 Å². The molecule has 0 aromatic rings. The number of ether oxygens (including phenoxy) is 6. The molecule has 0 unspecified atom stereocenters. The van der Waals surface area contributed by atoms with Crippen molar-refractivity contribution in [2.24, 2.45) is 23.7 Å². The van der Waals surface area contributed by atoms with Gasteiger partial charge in [-0.25, -0.2) is 0 Å². The van der Waals surface area contributed by atoms with Crippen LogP contribution in [0.25, 0.3) is 0 Å². The Kier molecular flexibility index (Phi) is 8.78. The number of hydrogen-bond acceptors (Lipinski definition) is 11. The van der Waals surface area contributed by atoms with Gasteiger partial charge in [-0.3, -0.25) is 4.79 Å². The summed E-state index contributed by atoms with van der Waals surface area (Å²) in [7, 11) is 1.59. The molecule has 1 N–H and O–H groups in total. The van der Waals surface area contributed by atoms with E-state index >= 15 is 0 Å². The molecule has 194 valence electrons. The van der Waals surface area contributed by atoms with Crippen LogP contribution in [-0.4, -0.2) is 110 Å². The second-order valence-corrected chi connectivity index (χ2v) is 12.9. The molecule has 0 aromatic heterocycles. The van der Waals surface area contributed by atoms with Crippen molar-refractivity contribution in [3.8, 4) is 0 Å². The normalized spacial score (nSPS) is 37.3. The van der Waals surface area contributed by atoms with Crippen molar-refractivity contribution in [1.82, 2.24) is 0 Å². The number of carbonyl (C=O) groups is 1. The van der Waals surface area contributed by atoms with Crippen LogP contribution in [0.5, 0.6) is 0 Å². The largest absolute Gasteiger partial charge is 0.392 e. The van der Waals surface area contributed by atoms with Gasteiger partial charge in [-0.1, -0.05) is 0 Å². The molecule has 11 heteroatoms. The number of Topliss-reactive ketones (excluding diaryl/α,β-unsaturated/α-hetero) is 1. The highest BCUT2D eigenvalue weighted by molar-refractivity contribution is 7.99. The first-order valence-electron chi connectivity index (χ1n) is 12.2. The lowest BCUT2D eigenvalue weighted by Gasteiger charge is -2.47. The third-order valence-electron chi connectivity index (χ3n) is 7.79. The highest BCUT2D eigenvalue weighted by Crippen LogP contribution is 2.47. The maximum atomic E-state index is 14.0. The van der Waals surface area contributed by atoms with Gasteiger partial charge in [0.1, 0.15) is 12.6 Å². The van der Waals surface area contributed by atoms with E-state index in [4.69, 9.17) is 28.4 Å². The second kappa shape index (κ2) is 11.4. The molecule has 5 fully saturated rings. The predicted molar refractivity (Wildman–Crippen MR) is 132 cm³/mol. The molecule has 8 nitrogen and oxygen atoms in total. The highest BCUT2D eigenvalue weighted by atomic mass is 32.2. The van der Waals surface area contributed by atoms with E-state index in [2.05, 4.69) is 0 Å². The first-order valence-corrected chi connectivity index (χ1v) is 15.7. The minimum absolute atomic E-state index is 0.0693. The summed E-state index contributed by atoms with van der Waals surface area (Å²) < 4.78 is 35.9. The van der Waals surface area contributed by atoms with Crippen LogP contribution in [-0.2, 0) is 33.2 Å². The van der Waals surface area contributed by atoms with E-state index in [1.807, 2.05) is 11.8 Å². The quantitative estimate of drug-likeness (QED) is 0.484. The van der Waals surface area contributed by atoms with E-state index in [1.54, 1.807) is 30.6 Å². The molecule has 0 radical (unpaired) electrons. The number of ketones is 1. The van der Waals surface area contributed by atoms with Crippen molar-refractivity contribution in [1.29, 1.82) is 0 Å². The SMILES string of the molecule is COCO[C@H]([C@@H]1CSC[C@@H]([C@H](O)[C@H]2CSCCC23OCCO3)C1=O)[C@@H]1CSCCC12OCCO2. The summed E-state index contributed by atoms with van der Waals surface area (Å²) in [6.07, 6.45) is 0.318. The molecule has 2 spiro atoms. The fraction of sp³-hybridized carbons (Fsp3) is 0.957. The van der Waals surface area contributed by atoms with Crippen molar-refractivity contribution in [3.05, 3.63) is 0 Å². The Morgan fingerprint density at radius 1 is 0.882 bits per heavy atom. The van der Waals surface area contributed by atoms with E-state index in [1.165, 1.54) is 0 Å². The summed E-state index contributed by atoms with van der Waals surface area (Å²) in [6, 6.07) is 0. The van der Waals surface area contributed by atoms with Gasteiger partial charge in [-0.15, -0.1) is 0 Å². The number of aliphatic hydroxyl groups is 1. The number of carbonyl (C=O) groups excluding carboxylic acids is 1. The van der Waals surface area contributed by atoms with Gasteiger partial charge in [0.25, 0.3) is 0 Å². The lowest BCUT2D eigenvalue weighted by atomic mass is 9.76. The molecule has 5 saturated heterocycles. The van der Waals surface area contributed by atoms with Crippen LogP contribution in [0, 0.1) is 23.7 Å². The summed E-state index contributed by atoms with van der Waals surface area (Å²) >= 11 is 5.36. The summed E-state index contributed by atoms with van der Waals surface area (Å²) in [4.78, 5) is 14.0. The molecule has 0 saturated carbocycles. The molecular weight excluding hydrogens is 500 g/mol. The molecule has 0 bridgehead atoms. The molecule has 5 aliphatic rings. The summed E-state index contributed by atoms with van der Waals surface area (Å²) in [5, 5.41) is 11.6. The monoisotopic (exact) mass is 536 g/mol. The second-order valence-electron chi connectivity index (χ2n) is 9.56. The van der Waals surface area contributed by atoms with Crippen LogP contribution in [0.1, 0.15) is 12.8 Å². The molecule has 5 heterocycles. The van der Waals surface area contributed by atoms with Gasteiger partial charge in [0.2, 0.25) is 0 Å². The van der Waals surface area contributed by atoms with Crippen molar-refractivity contribution in [2.45, 2.75) is 36.6 Å². The zero-order chi connectivity index (χ0) is 23.6. The Bertz CT molecular complexity index is 700. The van der Waals surface area contributed by atoms with Crippen LogP contribution >= 0.6 is 35.3 Å². The summed E-state index contributed by atoms with van der Waals surface area (Å²) in [5.74, 6) is 2.16. The average Bonchev–Trinajstić information content (AvgIpc) is 3.52. The Morgan fingerprint density at radius 3 is 2.06 bits per heavy atom. The van der Waals surface area contributed by atoms with Crippen molar-refractivity contribution < 1.29 is 38.3 Å². The third kappa shape index (κ3) is 4.96. The van der Waals surface area contributed by atoms with Crippen LogP contribution < -0.4 is 0 Å². The molecule has 5 rings (SSSR count). The van der Waals surface area contributed by atoms with E-state index in [0.717, 1.165) is 35.9 Å². The molecule has 0 aliphatic carbocycles. The third-order valence-corrected chi connectivity index (χ3v) is 11.2. The minimum atomic E-state index is -0.814. The molecule has 34 heavy (non-hydrogen) atoms. The number of hydrogen-bond donors (Lipinski definition) is 1. The lowest BCUT2D eigenvalue weighted by Crippen LogP contribution is -2.58. The maximum absolute atomic E-state index is 14.0. The predicted octanol–water partition coefficient (Wildman–Crippen LogP) is 1.88. The van der Waals surface area contributed by atoms with Gasteiger partial charge >= 0.3 is 0 Å². The number of thioether (sulfide) groups is 3. The standard InChI is InChI=1S/C23H36O8S3/c1-26-14-27-21(18-13-33-9-3-23(18)30-6-7-31-23)16-11-34-10-15(19(16)24)20(25)17-12-32-8-2-22(17)28-4-5-29-22/h15-18,20-21,25H,2-14H2,1H3/t15-,16-,17-,18+,20+,21-/m1/s1. The van der Waals surface area contributed by atoms with Gasteiger partial charge in [-0.05, 0) is 11.5 Å². The first-order chi connectivity index (χ1) is 16.6. The van der Waals surface area contributed by atoms with Gasteiger partial charge in [0, 0.05) is 54.8 Å². The smallest absolute Gasteiger partial charge is 0.175 e. The Morgan fingerprint density at radius 2 is 1.44 bits per heavy atom. The number of methoxy groups -OCH3 is 1. The average molecular weight is 537 g/mol. The molecule has 5 aliphatic heterocycles. The minimum Gasteiger partial charge on any atom is -0.392 e. The molecule has 6 atom stereocenters. The van der Waals surface area contributed by atoms with E-state index in [9.17, 15) is 9.90 Å². The van der Waals surface area contributed by atoms with E-state index < -0.39 is 29.7 Å². The Balaban J connectivity index is 1.37. The van der Waals surface area contributed by atoms with E-state index in [-0.39, 0.29) is 30.3 Å². The van der Waals surface area contributed by atoms with Crippen molar-refractivity contribution >= 4 is 41.1 Å². The number of rotatable bonds is 7. The fourth-order valence-corrected chi connectivity index (χ4v) is 10.0. The van der Waals surface area contributed by atoms with Gasteiger partial charge in [0.05, 0.1) is 50.5 Å². The lowest BCUT2D eigenvalue weighted by molar-refractivity contribution is -0.235. The zero-order valence-electron chi connectivity index (χ0n) is 19.7. The Labute approximate surface area is 214 Å². The fourth-order valence-electron chi connectivity index (χ4n) is 6.06. The van der Waals surface area contributed by atoms with E-state index in [0.29, 0.717) is 37.9 Å². The number of aliphatic hydroxyl groups excluding tert-OH is 1. The van der Waals surface area contributed by atoms with Crippen molar-refractivity contribution in [3.63, 3.8) is 0 Å². The Hall–Kier alpha value is 0.440. The van der Waals surface area contributed by atoms with Crippen LogP contribution in [0.3, 0.4) is 0 Å². The molecule has 0 amide bonds. The molecule has 0 aromatic carbocycles. The molecular formula is C23H36O8S3. The van der Waals surface area contributed by atoms with Gasteiger partial charge in [0.15, 0.2) is 11.6 Å². The highest BCUT2D eigenvalue weighted by Gasteiger charge is 2.56. The van der Waals surface area contributed by atoms with Crippen LogP contribution in [0.4, 0.5) is 0 Å². The van der Waals surface area contributed by atoms with Crippen LogP contribution in [0.2, 0.25) is 0 Å². The van der Waals surface area contributed by atoms with Crippen molar-refractivity contribution in [2.75, 3.05) is 74.8 Å². The maximum Gasteiger partial charge on any atom is 0.175 e.